The maximum absolute atomic E-state index is 13.7. The molecule has 0 amide bonds. The molecule has 7 heteroatoms. The summed E-state index contributed by atoms with van der Waals surface area (Å²) in [6, 6.07) is 14.4. The third-order valence-corrected chi connectivity index (χ3v) is 5.26. The van der Waals surface area contributed by atoms with Gasteiger partial charge >= 0.3 is 0 Å². The molecule has 0 saturated carbocycles. The Kier molecular flexibility index (Phi) is 4.65. The van der Waals surface area contributed by atoms with Crippen LogP contribution in [0.3, 0.4) is 0 Å². The molecule has 0 unspecified atom stereocenters. The van der Waals surface area contributed by atoms with Gasteiger partial charge in [0.15, 0.2) is 9.84 Å². The molecule has 0 saturated heterocycles. The van der Waals surface area contributed by atoms with Crippen molar-refractivity contribution in [1.82, 2.24) is 4.57 Å². The molecule has 26 heavy (non-hydrogen) atoms. The Balaban J connectivity index is 2.22. The van der Waals surface area contributed by atoms with Gasteiger partial charge in [0, 0.05) is 23.2 Å². The quantitative estimate of drug-likeness (QED) is 0.430. The first-order valence-electron chi connectivity index (χ1n) is 7.77. The summed E-state index contributed by atoms with van der Waals surface area (Å²) >= 11 is 0. The molecule has 0 fully saturated rings. The van der Waals surface area contributed by atoms with E-state index < -0.39 is 9.84 Å². The van der Waals surface area contributed by atoms with Crippen LogP contribution in [0, 0.1) is 12.7 Å². The minimum absolute atomic E-state index is 0.221. The Hall–Kier alpha value is -2.93. The Labute approximate surface area is 150 Å². The van der Waals surface area contributed by atoms with Gasteiger partial charge in [0.1, 0.15) is 5.82 Å². The summed E-state index contributed by atoms with van der Waals surface area (Å²) in [7, 11) is -3.29. The first kappa shape index (κ1) is 17.9. The number of halogens is 1. The maximum atomic E-state index is 13.7. The van der Waals surface area contributed by atoms with E-state index in [1.165, 1.54) is 30.5 Å². The normalized spacial score (nSPS) is 12.0. The van der Waals surface area contributed by atoms with Crippen molar-refractivity contribution in [3.63, 3.8) is 0 Å². The Bertz CT molecular complexity index is 1080. The number of benzene rings is 2. The summed E-state index contributed by atoms with van der Waals surface area (Å²) in [6.45, 7) is 1.83. The largest absolute Gasteiger partial charge is 0.411 e. The standard InChI is InChI=1S/C19H17FN2O3S/c1-13-15(12-21-23)10-19(22(13)17-5-3-4-16(20)11-17)14-6-8-18(9-7-14)26(2,24)25/h3-12,23H,1-2H3/b21-12+. The molecule has 1 heterocycles. The number of sulfone groups is 1. The lowest BCUT2D eigenvalue weighted by Crippen LogP contribution is -2.01. The van der Waals surface area contributed by atoms with E-state index in [9.17, 15) is 12.8 Å². The van der Waals surface area contributed by atoms with Gasteiger partial charge in [-0.3, -0.25) is 0 Å². The highest BCUT2D eigenvalue weighted by Gasteiger charge is 2.15. The zero-order valence-electron chi connectivity index (χ0n) is 14.2. The number of nitrogens with zero attached hydrogens (tertiary/aromatic N) is 2. The highest BCUT2D eigenvalue weighted by atomic mass is 32.2. The highest BCUT2D eigenvalue weighted by Crippen LogP contribution is 2.30. The molecule has 3 aromatic rings. The summed E-state index contributed by atoms with van der Waals surface area (Å²) in [5.74, 6) is -0.369. The zero-order chi connectivity index (χ0) is 18.9. The molecule has 5 nitrogen and oxygen atoms in total. The number of rotatable bonds is 4. The molecule has 2 aromatic carbocycles. The molecule has 0 bridgehead atoms. The lowest BCUT2D eigenvalue weighted by molar-refractivity contribution is 0.322. The fraction of sp³-hybridized carbons (Fsp3) is 0.105. The van der Waals surface area contributed by atoms with Crippen LogP contribution in [0.25, 0.3) is 16.9 Å². The lowest BCUT2D eigenvalue weighted by atomic mass is 10.1. The van der Waals surface area contributed by atoms with Gasteiger partial charge in [-0.25, -0.2) is 12.8 Å². The van der Waals surface area contributed by atoms with Gasteiger partial charge in [-0.2, -0.15) is 0 Å². The predicted molar refractivity (Wildman–Crippen MR) is 98.4 cm³/mol. The molecule has 134 valence electrons. The monoisotopic (exact) mass is 372 g/mol. The highest BCUT2D eigenvalue weighted by molar-refractivity contribution is 7.90. The maximum Gasteiger partial charge on any atom is 0.175 e. The SMILES string of the molecule is Cc1c(/C=N/O)cc(-c2ccc(S(C)(=O)=O)cc2)n1-c1cccc(F)c1. The third-order valence-electron chi connectivity index (χ3n) is 4.13. The Morgan fingerprint density at radius 1 is 1.12 bits per heavy atom. The molecule has 0 atom stereocenters. The summed E-state index contributed by atoms with van der Waals surface area (Å²) in [4.78, 5) is 0.221. The molecular formula is C19H17FN2O3S. The molecule has 0 aliphatic heterocycles. The van der Waals surface area contributed by atoms with Crippen LogP contribution in [0.15, 0.2) is 64.6 Å². The molecule has 0 radical (unpaired) electrons. The van der Waals surface area contributed by atoms with E-state index >= 15 is 0 Å². The molecule has 3 rings (SSSR count). The summed E-state index contributed by atoms with van der Waals surface area (Å²) in [6.07, 6.45) is 2.46. The summed E-state index contributed by atoms with van der Waals surface area (Å²) < 4.78 is 38.9. The first-order valence-corrected chi connectivity index (χ1v) is 9.66. The summed E-state index contributed by atoms with van der Waals surface area (Å²) in [5.41, 5.74) is 3.52. The second kappa shape index (κ2) is 6.76. The van der Waals surface area contributed by atoms with Gasteiger partial charge in [0.25, 0.3) is 0 Å². The lowest BCUT2D eigenvalue weighted by Gasteiger charge is -2.12. The van der Waals surface area contributed by atoms with E-state index in [1.54, 1.807) is 30.3 Å². The van der Waals surface area contributed by atoms with E-state index in [0.29, 0.717) is 11.3 Å². The van der Waals surface area contributed by atoms with Crippen LogP contribution in [0.2, 0.25) is 0 Å². The van der Waals surface area contributed by atoms with Crippen molar-refractivity contribution in [1.29, 1.82) is 0 Å². The molecule has 1 N–H and O–H groups in total. The van der Waals surface area contributed by atoms with Crippen LogP contribution in [0.4, 0.5) is 4.39 Å². The molecule has 1 aromatic heterocycles. The second-order valence-corrected chi connectivity index (χ2v) is 7.94. The van der Waals surface area contributed by atoms with E-state index in [-0.39, 0.29) is 10.7 Å². The van der Waals surface area contributed by atoms with Crippen LogP contribution in [0.5, 0.6) is 0 Å². The van der Waals surface area contributed by atoms with Crippen LogP contribution >= 0.6 is 0 Å². The van der Waals surface area contributed by atoms with E-state index in [1.807, 2.05) is 11.5 Å². The minimum atomic E-state index is -3.29. The topological polar surface area (TPSA) is 71.7 Å². The fourth-order valence-electron chi connectivity index (χ4n) is 2.85. The molecule has 0 aliphatic carbocycles. The zero-order valence-corrected chi connectivity index (χ0v) is 15.0. The van der Waals surface area contributed by atoms with Crippen LogP contribution < -0.4 is 0 Å². The second-order valence-electron chi connectivity index (χ2n) is 5.93. The van der Waals surface area contributed by atoms with E-state index in [4.69, 9.17) is 5.21 Å². The fourth-order valence-corrected chi connectivity index (χ4v) is 3.48. The van der Waals surface area contributed by atoms with Crippen molar-refractivity contribution < 1.29 is 18.0 Å². The van der Waals surface area contributed by atoms with Crippen molar-refractivity contribution in [3.8, 4) is 16.9 Å². The third kappa shape index (κ3) is 3.39. The van der Waals surface area contributed by atoms with Gasteiger partial charge in [-0.1, -0.05) is 23.4 Å². The number of hydrogen-bond acceptors (Lipinski definition) is 4. The van der Waals surface area contributed by atoms with Crippen LogP contribution in [-0.2, 0) is 9.84 Å². The number of hydrogen-bond donors (Lipinski definition) is 1. The van der Waals surface area contributed by atoms with Gasteiger partial charge in [0.05, 0.1) is 16.8 Å². The van der Waals surface area contributed by atoms with E-state index in [0.717, 1.165) is 23.2 Å². The van der Waals surface area contributed by atoms with E-state index in [2.05, 4.69) is 5.16 Å². The van der Waals surface area contributed by atoms with Gasteiger partial charge < -0.3 is 9.77 Å². The van der Waals surface area contributed by atoms with Gasteiger partial charge in [-0.15, -0.1) is 0 Å². The van der Waals surface area contributed by atoms with Crippen LogP contribution in [0.1, 0.15) is 11.3 Å². The Morgan fingerprint density at radius 3 is 2.38 bits per heavy atom. The number of aromatic nitrogens is 1. The minimum Gasteiger partial charge on any atom is -0.411 e. The van der Waals surface area contributed by atoms with Crippen molar-refractivity contribution in [2.75, 3.05) is 6.26 Å². The first-order chi connectivity index (χ1) is 12.3. The molecular weight excluding hydrogens is 355 g/mol. The summed E-state index contributed by atoms with van der Waals surface area (Å²) in [5, 5.41) is 12.0. The smallest absolute Gasteiger partial charge is 0.175 e. The van der Waals surface area contributed by atoms with Gasteiger partial charge in [0.2, 0.25) is 0 Å². The van der Waals surface area contributed by atoms with Crippen LogP contribution in [-0.4, -0.2) is 30.7 Å². The average molecular weight is 372 g/mol. The van der Waals surface area contributed by atoms with Gasteiger partial charge in [-0.05, 0) is 48.9 Å². The van der Waals surface area contributed by atoms with Crippen molar-refractivity contribution >= 4 is 16.1 Å². The average Bonchev–Trinajstić information content (AvgIpc) is 2.91. The van der Waals surface area contributed by atoms with Crippen molar-refractivity contribution in [2.45, 2.75) is 11.8 Å². The number of oxime groups is 1. The predicted octanol–water partition coefficient (Wildman–Crippen LogP) is 3.80. The molecule has 0 aliphatic rings. The van der Waals surface area contributed by atoms with Crippen molar-refractivity contribution in [2.24, 2.45) is 5.16 Å². The van der Waals surface area contributed by atoms with Crippen molar-refractivity contribution in [3.05, 3.63) is 71.7 Å². The molecule has 0 spiro atoms. The Morgan fingerprint density at radius 2 is 1.81 bits per heavy atom.